The largest absolute Gasteiger partial charge is 0.484 e. The normalized spacial score (nSPS) is 12.2. The van der Waals surface area contributed by atoms with Gasteiger partial charge in [-0.3, -0.25) is 9.59 Å². The van der Waals surface area contributed by atoms with Crippen molar-refractivity contribution in [2.45, 2.75) is 18.4 Å². The summed E-state index contributed by atoms with van der Waals surface area (Å²) < 4.78 is 36.0. The van der Waals surface area contributed by atoms with Crippen molar-refractivity contribution in [3.63, 3.8) is 0 Å². The average Bonchev–Trinajstić information content (AvgIpc) is 3.02. The van der Waals surface area contributed by atoms with Gasteiger partial charge in [0.1, 0.15) is 12.3 Å². The van der Waals surface area contributed by atoms with Crippen molar-refractivity contribution in [1.29, 1.82) is 0 Å². The second-order valence-corrected chi connectivity index (χ2v) is 9.58. The molecule has 1 heterocycles. The van der Waals surface area contributed by atoms with Crippen LogP contribution in [0.1, 0.15) is 5.56 Å². The molecule has 0 radical (unpaired) electrons. The van der Waals surface area contributed by atoms with Crippen LogP contribution in [0, 0.1) is 6.92 Å². The fourth-order valence-electron chi connectivity index (χ4n) is 2.71. The topological polar surface area (TPSA) is 104 Å². The molecule has 0 saturated carbocycles. The molecule has 0 fully saturated rings. The molecular weight excluding hydrogens is 428 g/mol. The number of carbonyl (C=O) groups is 2. The number of thiazole rings is 1. The predicted molar refractivity (Wildman–Crippen MR) is 112 cm³/mol. The van der Waals surface area contributed by atoms with Gasteiger partial charge in [0.15, 0.2) is 21.2 Å². The summed E-state index contributed by atoms with van der Waals surface area (Å²) in [5.41, 5.74) is 1.57. The molecule has 0 aliphatic heterocycles. The Hall–Kier alpha value is -2.98. The van der Waals surface area contributed by atoms with Crippen LogP contribution >= 0.6 is 11.3 Å². The zero-order valence-electron chi connectivity index (χ0n) is 16.6. The third-order valence-corrected chi connectivity index (χ3v) is 6.32. The zero-order valence-corrected chi connectivity index (χ0v) is 18.2. The van der Waals surface area contributed by atoms with Gasteiger partial charge in [0.25, 0.3) is 5.91 Å². The summed E-state index contributed by atoms with van der Waals surface area (Å²) in [6, 6.07) is 11.8. The second-order valence-electron chi connectivity index (χ2n) is 6.56. The molecule has 0 aliphatic carbocycles. The molecular formula is C20H20N2O6S2. The van der Waals surface area contributed by atoms with Gasteiger partial charge >= 0.3 is 5.97 Å². The van der Waals surface area contributed by atoms with E-state index in [4.69, 9.17) is 9.47 Å². The summed E-state index contributed by atoms with van der Waals surface area (Å²) in [5.74, 6) is -0.507. The van der Waals surface area contributed by atoms with Crippen molar-refractivity contribution in [3.05, 3.63) is 52.8 Å². The van der Waals surface area contributed by atoms with Gasteiger partial charge in [-0.05, 0) is 42.8 Å². The Labute approximate surface area is 177 Å². The molecule has 1 aromatic heterocycles. The number of sulfone groups is 1. The highest BCUT2D eigenvalue weighted by atomic mass is 32.2. The third-order valence-electron chi connectivity index (χ3n) is 4.17. The van der Waals surface area contributed by atoms with Crippen molar-refractivity contribution < 1.29 is 27.5 Å². The lowest BCUT2D eigenvalue weighted by atomic mass is 10.2. The van der Waals surface area contributed by atoms with E-state index in [1.807, 2.05) is 19.1 Å². The molecule has 1 amide bonds. The number of hydrogen-bond acceptors (Lipinski definition) is 7. The van der Waals surface area contributed by atoms with E-state index >= 15 is 0 Å². The van der Waals surface area contributed by atoms with Crippen molar-refractivity contribution >= 4 is 43.3 Å². The Balaban J connectivity index is 1.98. The molecule has 2 aromatic carbocycles. The van der Waals surface area contributed by atoms with Gasteiger partial charge in [0.05, 0.1) is 22.2 Å². The number of esters is 1. The number of aromatic nitrogens is 1. The van der Waals surface area contributed by atoms with Crippen molar-refractivity contribution in [3.8, 4) is 5.75 Å². The molecule has 0 saturated heterocycles. The summed E-state index contributed by atoms with van der Waals surface area (Å²) in [7, 11) is -2.14. The minimum Gasteiger partial charge on any atom is -0.484 e. The maximum absolute atomic E-state index is 12.4. The van der Waals surface area contributed by atoms with E-state index in [1.54, 1.807) is 18.2 Å². The van der Waals surface area contributed by atoms with Crippen LogP contribution in [0.3, 0.4) is 0 Å². The van der Waals surface area contributed by atoms with Gasteiger partial charge in [0, 0.05) is 6.26 Å². The standard InChI is InChI=1S/C20H20N2O6S2/c1-13-5-4-6-14(9-13)28-12-18(23)21-20-22(11-19(24)27-2)16-8-7-15(30(3,25)26)10-17(16)29-20/h4-10H,11-12H2,1-3H3. The maximum atomic E-state index is 12.4. The highest BCUT2D eigenvalue weighted by molar-refractivity contribution is 7.90. The quantitative estimate of drug-likeness (QED) is 0.535. The van der Waals surface area contributed by atoms with Crippen LogP contribution in [0.5, 0.6) is 5.75 Å². The van der Waals surface area contributed by atoms with Crippen molar-refractivity contribution in [2.75, 3.05) is 20.0 Å². The number of hydrogen-bond donors (Lipinski definition) is 0. The van der Waals surface area contributed by atoms with Crippen LogP contribution in [-0.4, -0.2) is 44.8 Å². The fraction of sp³-hybridized carbons (Fsp3) is 0.250. The first-order chi connectivity index (χ1) is 14.2. The first-order valence-corrected chi connectivity index (χ1v) is 11.6. The molecule has 0 spiro atoms. The molecule has 0 aliphatic rings. The molecule has 3 aromatic rings. The van der Waals surface area contributed by atoms with Gasteiger partial charge < -0.3 is 14.0 Å². The number of aryl methyl sites for hydroxylation is 1. The Morgan fingerprint density at radius 2 is 1.93 bits per heavy atom. The number of rotatable bonds is 6. The number of fused-ring (bicyclic) bond motifs is 1. The summed E-state index contributed by atoms with van der Waals surface area (Å²) in [5, 5.41) is 0. The van der Waals surface area contributed by atoms with E-state index in [1.165, 1.54) is 23.8 Å². The maximum Gasteiger partial charge on any atom is 0.325 e. The number of benzene rings is 2. The van der Waals surface area contributed by atoms with E-state index < -0.39 is 21.7 Å². The van der Waals surface area contributed by atoms with Crippen LogP contribution < -0.4 is 9.54 Å². The Bertz CT molecular complexity index is 1290. The first kappa shape index (κ1) is 21.7. The lowest BCUT2D eigenvalue weighted by Gasteiger charge is -2.05. The molecule has 10 heteroatoms. The number of ether oxygens (including phenoxy) is 2. The summed E-state index contributed by atoms with van der Waals surface area (Å²) in [6.07, 6.45) is 1.11. The van der Waals surface area contributed by atoms with Crippen LogP contribution in [-0.2, 0) is 30.7 Å². The molecule has 30 heavy (non-hydrogen) atoms. The molecule has 0 N–H and O–H groups in total. The van der Waals surface area contributed by atoms with Gasteiger partial charge in [-0.1, -0.05) is 23.5 Å². The van der Waals surface area contributed by atoms with E-state index in [2.05, 4.69) is 4.99 Å². The Kier molecular flexibility index (Phi) is 6.37. The number of amides is 1. The van der Waals surface area contributed by atoms with Gasteiger partial charge in [-0.15, -0.1) is 0 Å². The van der Waals surface area contributed by atoms with Crippen LogP contribution in [0.15, 0.2) is 52.4 Å². The van der Waals surface area contributed by atoms with E-state index in [9.17, 15) is 18.0 Å². The van der Waals surface area contributed by atoms with Gasteiger partial charge in [-0.25, -0.2) is 8.42 Å². The molecule has 3 rings (SSSR count). The molecule has 0 bridgehead atoms. The lowest BCUT2D eigenvalue weighted by Crippen LogP contribution is -2.23. The van der Waals surface area contributed by atoms with E-state index in [0.717, 1.165) is 23.2 Å². The van der Waals surface area contributed by atoms with Gasteiger partial charge in [-0.2, -0.15) is 4.99 Å². The predicted octanol–water partition coefficient (Wildman–Crippen LogP) is 2.09. The highest BCUT2D eigenvalue weighted by Crippen LogP contribution is 2.22. The molecule has 8 nitrogen and oxygen atoms in total. The first-order valence-electron chi connectivity index (χ1n) is 8.84. The van der Waals surface area contributed by atoms with Crippen molar-refractivity contribution in [2.24, 2.45) is 4.99 Å². The summed E-state index contributed by atoms with van der Waals surface area (Å²) in [4.78, 5) is 28.7. The number of methoxy groups -OCH3 is 1. The van der Waals surface area contributed by atoms with Crippen molar-refractivity contribution in [1.82, 2.24) is 4.57 Å². The summed E-state index contributed by atoms with van der Waals surface area (Å²) >= 11 is 1.11. The minimum atomic E-state index is -3.40. The zero-order chi connectivity index (χ0) is 21.9. The fourth-order valence-corrected chi connectivity index (χ4v) is 4.51. The van der Waals surface area contributed by atoms with E-state index in [0.29, 0.717) is 16.0 Å². The smallest absolute Gasteiger partial charge is 0.325 e. The molecule has 158 valence electrons. The average molecular weight is 449 g/mol. The lowest BCUT2D eigenvalue weighted by molar-refractivity contribution is -0.141. The highest BCUT2D eigenvalue weighted by Gasteiger charge is 2.15. The van der Waals surface area contributed by atoms with Crippen LogP contribution in [0.2, 0.25) is 0 Å². The van der Waals surface area contributed by atoms with E-state index in [-0.39, 0.29) is 22.8 Å². The molecule has 0 atom stereocenters. The minimum absolute atomic E-state index is 0.141. The summed E-state index contributed by atoms with van der Waals surface area (Å²) in [6.45, 7) is 1.47. The Morgan fingerprint density at radius 3 is 2.60 bits per heavy atom. The Morgan fingerprint density at radius 1 is 1.17 bits per heavy atom. The molecule has 0 unspecified atom stereocenters. The van der Waals surface area contributed by atoms with Crippen LogP contribution in [0.4, 0.5) is 0 Å². The van der Waals surface area contributed by atoms with Gasteiger partial charge in [0.2, 0.25) is 0 Å². The number of nitrogens with zero attached hydrogens (tertiary/aromatic N) is 2. The second kappa shape index (κ2) is 8.80. The number of carbonyl (C=O) groups excluding carboxylic acids is 2. The monoisotopic (exact) mass is 448 g/mol. The SMILES string of the molecule is COC(=O)Cn1c(=NC(=O)COc2cccc(C)c2)sc2cc(S(C)(=O)=O)ccc21. The third kappa shape index (κ3) is 5.14. The van der Waals surface area contributed by atoms with Crippen LogP contribution in [0.25, 0.3) is 10.2 Å².